The number of carbonyl (C=O) groups excluding carboxylic acids is 2. The highest BCUT2D eigenvalue weighted by Gasteiger charge is 2.45. The van der Waals surface area contributed by atoms with Crippen molar-refractivity contribution in [2.45, 2.75) is 12.0 Å². The van der Waals surface area contributed by atoms with E-state index in [4.69, 9.17) is 4.74 Å². The van der Waals surface area contributed by atoms with Crippen molar-refractivity contribution in [3.05, 3.63) is 103 Å². The lowest BCUT2D eigenvalue weighted by Crippen LogP contribution is -2.62. The molecule has 2 amide bonds. The van der Waals surface area contributed by atoms with Crippen LogP contribution in [0.1, 0.15) is 15.9 Å². The molecule has 1 N–H and O–H groups in total. The molecule has 1 atom stereocenters. The number of nitrogens with zero attached hydrogens (tertiary/aromatic N) is 2. The number of benzene rings is 2. The van der Waals surface area contributed by atoms with Gasteiger partial charge in [-0.05, 0) is 34.9 Å². The van der Waals surface area contributed by atoms with Gasteiger partial charge in [0.25, 0.3) is 11.8 Å². The smallest absolute Gasteiger partial charge is 0.254 e. The molecule has 1 aromatic heterocycles. The van der Waals surface area contributed by atoms with E-state index in [1.165, 1.54) is 0 Å². The molecule has 1 saturated heterocycles. The predicted octanol–water partition coefficient (Wildman–Crippen LogP) is 3.50. The van der Waals surface area contributed by atoms with Gasteiger partial charge in [0.2, 0.25) is 0 Å². The van der Waals surface area contributed by atoms with Gasteiger partial charge < -0.3 is 15.0 Å². The van der Waals surface area contributed by atoms with Gasteiger partial charge in [-0.3, -0.25) is 14.6 Å². The van der Waals surface area contributed by atoms with Gasteiger partial charge in [0.15, 0.2) is 5.60 Å². The van der Waals surface area contributed by atoms with Crippen LogP contribution in [0.25, 0.3) is 11.1 Å². The van der Waals surface area contributed by atoms with Crippen LogP contribution in [0.3, 0.4) is 0 Å². The fourth-order valence-corrected chi connectivity index (χ4v) is 4.05. The molecule has 2 heterocycles. The first-order chi connectivity index (χ1) is 16.1. The van der Waals surface area contributed by atoms with Gasteiger partial charge in [-0.15, -0.1) is 6.58 Å². The van der Waals surface area contributed by atoms with E-state index >= 15 is 0 Å². The summed E-state index contributed by atoms with van der Waals surface area (Å²) in [6.45, 7) is 4.91. The van der Waals surface area contributed by atoms with E-state index in [1.807, 2.05) is 60.8 Å². The lowest BCUT2D eigenvalue weighted by atomic mass is 9.90. The minimum atomic E-state index is -1.18. The third kappa shape index (κ3) is 5.18. The summed E-state index contributed by atoms with van der Waals surface area (Å²) in [5, 5.41) is 2.87. The molecule has 0 spiro atoms. The third-order valence-electron chi connectivity index (χ3n) is 5.75. The van der Waals surface area contributed by atoms with Crippen LogP contribution in [-0.4, -0.2) is 53.5 Å². The Kier molecular flexibility index (Phi) is 6.95. The number of aromatic nitrogens is 1. The van der Waals surface area contributed by atoms with Crippen molar-refractivity contribution in [2.24, 2.45) is 0 Å². The molecule has 0 bridgehead atoms. The van der Waals surface area contributed by atoms with E-state index in [0.717, 1.165) is 16.7 Å². The number of nitrogens with one attached hydrogen (secondary N) is 1. The zero-order chi connectivity index (χ0) is 23.1. The SMILES string of the molecule is C=CCNC(=O)[C@@]1(Cc2ccc(-c3cccnc3)cc2)CN(C(=O)c2ccccc2)CCO1. The zero-order valence-corrected chi connectivity index (χ0v) is 18.4. The van der Waals surface area contributed by atoms with Crippen LogP contribution in [0.15, 0.2) is 91.8 Å². The van der Waals surface area contributed by atoms with Crippen LogP contribution in [0.4, 0.5) is 0 Å². The highest BCUT2D eigenvalue weighted by atomic mass is 16.5. The second kappa shape index (κ2) is 10.2. The molecule has 1 aliphatic heterocycles. The summed E-state index contributed by atoms with van der Waals surface area (Å²) in [5.74, 6) is -0.351. The average molecular weight is 442 g/mol. The Morgan fingerprint density at radius 2 is 1.85 bits per heavy atom. The summed E-state index contributed by atoms with van der Waals surface area (Å²) in [5.41, 5.74) is 2.44. The van der Waals surface area contributed by atoms with E-state index in [2.05, 4.69) is 16.9 Å². The summed E-state index contributed by atoms with van der Waals surface area (Å²) in [6, 6.07) is 21.0. The Hall–Kier alpha value is -3.77. The van der Waals surface area contributed by atoms with E-state index in [9.17, 15) is 9.59 Å². The summed E-state index contributed by atoms with van der Waals surface area (Å²) in [7, 11) is 0. The molecular formula is C27H27N3O3. The zero-order valence-electron chi connectivity index (χ0n) is 18.4. The Bertz CT molecular complexity index is 1100. The highest BCUT2D eigenvalue weighted by molar-refractivity contribution is 5.95. The van der Waals surface area contributed by atoms with E-state index < -0.39 is 5.60 Å². The molecule has 6 nitrogen and oxygen atoms in total. The molecule has 0 unspecified atom stereocenters. The number of amides is 2. The molecule has 0 radical (unpaired) electrons. The second-order valence-electron chi connectivity index (χ2n) is 8.05. The number of pyridine rings is 1. The van der Waals surface area contributed by atoms with Crippen molar-refractivity contribution >= 4 is 11.8 Å². The van der Waals surface area contributed by atoms with Gasteiger partial charge in [0.05, 0.1) is 13.2 Å². The number of morpholine rings is 1. The van der Waals surface area contributed by atoms with Crippen molar-refractivity contribution in [2.75, 3.05) is 26.2 Å². The molecule has 6 heteroatoms. The molecule has 33 heavy (non-hydrogen) atoms. The van der Waals surface area contributed by atoms with Crippen molar-refractivity contribution in [3.8, 4) is 11.1 Å². The number of hydrogen-bond acceptors (Lipinski definition) is 4. The van der Waals surface area contributed by atoms with Crippen LogP contribution in [0.2, 0.25) is 0 Å². The number of carbonyl (C=O) groups is 2. The fraction of sp³-hybridized carbons (Fsp3) is 0.222. The van der Waals surface area contributed by atoms with Crippen LogP contribution in [0.5, 0.6) is 0 Å². The molecule has 3 aromatic rings. The van der Waals surface area contributed by atoms with Crippen LogP contribution in [0, 0.1) is 0 Å². The molecule has 1 fully saturated rings. The van der Waals surface area contributed by atoms with Crippen LogP contribution >= 0.6 is 0 Å². The van der Waals surface area contributed by atoms with Gasteiger partial charge in [-0.1, -0.05) is 54.6 Å². The van der Waals surface area contributed by atoms with Crippen molar-refractivity contribution < 1.29 is 14.3 Å². The van der Waals surface area contributed by atoms with Crippen LogP contribution < -0.4 is 5.32 Å². The molecule has 0 saturated carbocycles. The summed E-state index contributed by atoms with van der Waals surface area (Å²) in [6.07, 6.45) is 5.54. The minimum Gasteiger partial charge on any atom is -0.361 e. The number of hydrogen-bond donors (Lipinski definition) is 1. The van der Waals surface area contributed by atoms with Crippen molar-refractivity contribution in [1.82, 2.24) is 15.2 Å². The second-order valence-corrected chi connectivity index (χ2v) is 8.05. The predicted molar refractivity (Wildman–Crippen MR) is 128 cm³/mol. The third-order valence-corrected chi connectivity index (χ3v) is 5.75. The molecule has 2 aromatic carbocycles. The maximum atomic E-state index is 13.2. The Morgan fingerprint density at radius 3 is 2.55 bits per heavy atom. The fourth-order valence-electron chi connectivity index (χ4n) is 4.05. The largest absolute Gasteiger partial charge is 0.361 e. The Labute approximate surface area is 193 Å². The van der Waals surface area contributed by atoms with Gasteiger partial charge in [0.1, 0.15) is 0 Å². The Balaban J connectivity index is 1.58. The molecular weight excluding hydrogens is 414 g/mol. The lowest BCUT2D eigenvalue weighted by Gasteiger charge is -2.41. The first-order valence-corrected chi connectivity index (χ1v) is 11.0. The maximum absolute atomic E-state index is 13.2. The molecule has 168 valence electrons. The molecule has 1 aliphatic rings. The summed E-state index contributed by atoms with van der Waals surface area (Å²) in [4.78, 5) is 32.2. The summed E-state index contributed by atoms with van der Waals surface area (Å²) >= 11 is 0. The highest BCUT2D eigenvalue weighted by Crippen LogP contribution is 2.27. The van der Waals surface area contributed by atoms with Gasteiger partial charge in [-0.25, -0.2) is 0 Å². The van der Waals surface area contributed by atoms with Gasteiger partial charge in [-0.2, -0.15) is 0 Å². The topological polar surface area (TPSA) is 71.5 Å². The number of ether oxygens (including phenoxy) is 1. The van der Waals surface area contributed by atoms with Crippen molar-refractivity contribution in [1.29, 1.82) is 0 Å². The van der Waals surface area contributed by atoms with E-state index in [1.54, 1.807) is 29.3 Å². The van der Waals surface area contributed by atoms with E-state index in [-0.39, 0.29) is 25.0 Å². The first kappa shape index (κ1) is 22.4. The normalized spacial score (nSPS) is 17.9. The number of rotatable bonds is 7. The molecule has 0 aliphatic carbocycles. The minimum absolute atomic E-state index is 0.105. The maximum Gasteiger partial charge on any atom is 0.254 e. The lowest BCUT2D eigenvalue weighted by molar-refractivity contribution is -0.157. The van der Waals surface area contributed by atoms with Gasteiger partial charge >= 0.3 is 0 Å². The standard InChI is InChI=1S/C27H27N3O3/c1-2-14-29-26(32)27(18-21-10-12-22(13-11-21)24-9-6-15-28-19-24)20-30(16-17-33-27)25(31)23-7-4-3-5-8-23/h2-13,15,19H,1,14,16-18,20H2,(H,29,32)/t27-/m1/s1. The van der Waals surface area contributed by atoms with Gasteiger partial charge in [0, 0.05) is 37.5 Å². The summed E-state index contributed by atoms with van der Waals surface area (Å²) < 4.78 is 6.11. The average Bonchev–Trinajstić information content (AvgIpc) is 2.88. The first-order valence-electron chi connectivity index (χ1n) is 11.0. The quantitative estimate of drug-likeness (QED) is 0.570. The monoisotopic (exact) mass is 441 g/mol. The van der Waals surface area contributed by atoms with E-state index in [0.29, 0.717) is 25.1 Å². The van der Waals surface area contributed by atoms with Crippen LogP contribution in [-0.2, 0) is 16.0 Å². The molecule has 4 rings (SSSR count). The van der Waals surface area contributed by atoms with Crippen molar-refractivity contribution in [3.63, 3.8) is 0 Å². The Morgan fingerprint density at radius 1 is 1.06 bits per heavy atom.